The van der Waals surface area contributed by atoms with Gasteiger partial charge in [0.25, 0.3) is 0 Å². The second-order valence-corrected chi connectivity index (χ2v) is 7.42. The number of para-hydroxylation sites is 1. The Morgan fingerprint density at radius 3 is 2.36 bits per heavy atom. The predicted molar refractivity (Wildman–Crippen MR) is 114 cm³/mol. The molecule has 0 fully saturated rings. The van der Waals surface area contributed by atoms with Crippen molar-refractivity contribution in [2.45, 2.75) is 0 Å². The highest BCUT2D eigenvalue weighted by atomic mass is 35.5. The van der Waals surface area contributed by atoms with Crippen LogP contribution >= 0.6 is 22.9 Å². The molecule has 0 aliphatic rings. The van der Waals surface area contributed by atoms with Crippen LogP contribution in [0.1, 0.15) is 0 Å². The summed E-state index contributed by atoms with van der Waals surface area (Å²) < 4.78 is 0. The lowest BCUT2D eigenvalue weighted by molar-refractivity contribution is -0.119. The molecule has 144 valence electrons. The first-order valence-electron chi connectivity index (χ1n) is 8.55. The summed E-state index contributed by atoms with van der Waals surface area (Å²) in [5.74, 6) is -0.481. The highest BCUT2D eigenvalue weighted by Crippen LogP contribution is 2.24. The fraction of sp³-hybridized carbons (Fsp3) is 0.150. The molecule has 2 amide bonds. The molecule has 1 heterocycles. The number of hydrogen-bond acceptors (Lipinski definition) is 5. The van der Waals surface area contributed by atoms with E-state index in [0.717, 1.165) is 11.3 Å². The van der Waals surface area contributed by atoms with Gasteiger partial charge in [0.1, 0.15) is 0 Å². The van der Waals surface area contributed by atoms with E-state index in [9.17, 15) is 9.59 Å². The number of anilines is 2. The number of benzene rings is 2. The Kier molecular flexibility index (Phi) is 6.76. The molecule has 3 aromatic rings. The first kappa shape index (κ1) is 20.0. The smallest absolute Gasteiger partial charge is 0.240 e. The number of rotatable bonds is 7. The van der Waals surface area contributed by atoms with Gasteiger partial charge in [-0.25, -0.2) is 4.98 Å². The van der Waals surface area contributed by atoms with Crippen LogP contribution in [0.25, 0.3) is 11.3 Å². The van der Waals surface area contributed by atoms with Crippen molar-refractivity contribution >= 4 is 45.6 Å². The third-order valence-corrected chi connectivity index (χ3v) is 4.88. The van der Waals surface area contributed by atoms with Crippen LogP contribution in [0.5, 0.6) is 0 Å². The van der Waals surface area contributed by atoms with E-state index < -0.39 is 0 Å². The van der Waals surface area contributed by atoms with Gasteiger partial charge in [-0.2, -0.15) is 0 Å². The van der Waals surface area contributed by atoms with Crippen molar-refractivity contribution in [1.29, 1.82) is 0 Å². The molecule has 6 nitrogen and oxygen atoms in total. The monoisotopic (exact) mass is 414 g/mol. The standard InChI is InChI=1S/C20H19ClN4O2S/c1-25(11-18(26)22-16-10-6-5-9-15(16)21)12-19(27)24-20-23-17(13-28-20)14-7-3-2-4-8-14/h2-10,13H,11-12H2,1H3,(H,22,26)(H,23,24,27). The maximum Gasteiger partial charge on any atom is 0.240 e. The van der Waals surface area contributed by atoms with E-state index in [1.807, 2.05) is 35.7 Å². The maximum atomic E-state index is 12.2. The Labute approximate surface area is 172 Å². The van der Waals surface area contributed by atoms with Crippen molar-refractivity contribution in [1.82, 2.24) is 9.88 Å². The van der Waals surface area contributed by atoms with Crippen molar-refractivity contribution < 1.29 is 9.59 Å². The van der Waals surface area contributed by atoms with Gasteiger partial charge in [-0.05, 0) is 19.2 Å². The lowest BCUT2D eigenvalue weighted by Gasteiger charge is -2.15. The second-order valence-electron chi connectivity index (χ2n) is 6.15. The number of amides is 2. The number of carbonyl (C=O) groups excluding carboxylic acids is 2. The van der Waals surface area contributed by atoms with Gasteiger partial charge in [0, 0.05) is 10.9 Å². The molecule has 3 rings (SSSR count). The first-order chi connectivity index (χ1) is 13.5. The van der Waals surface area contributed by atoms with Crippen LogP contribution in [-0.4, -0.2) is 41.8 Å². The van der Waals surface area contributed by atoms with Gasteiger partial charge in [0.05, 0.1) is 29.5 Å². The molecule has 0 bridgehead atoms. The third kappa shape index (κ3) is 5.63. The quantitative estimate of drug-likeness (QED) is 0.613. The molecule has 28 heavy (non-hydrogen) atoms. The van der Waals surface area contributed by atoms with Crippen molar-refractivity contribution in [3.05, 3.63) is 65.0 Å². The lowest BCUT2D eigenvalue weighted by atomic mass is 10.2. The van der Waals surface area contributed by atoms with Crippen molar-refractivity contribution in [2.24, 2.45) is 0 Å². The molecule has 2 N–H and O–H groups in total. The molecule has 0 spiro atoms. The molecule has 0 aliphatic carbocycles. The topological polar surface area (TPSA) is 74.3 Å². The van der Waals surface area contributed by atoms with Crippen LogP contribution < -0.4 is 10.6 Å². The first-order valence-corrected chi connectivity index (χ1v) is 9.81. The normalized spacial score (nSPS) is 10.7. The fourth-order valence-corrected chi connectivity index (χ4v) is 3.45. The van der Waals surface area contributed by atoms with Gasteiger partial charge in [-0.15, -0.1) is 11.3 Å². The lowest BCUT2D eigenvalue weighted by Crippen LogP contribution is -2.36. The van der Waals surface area contributed by atoms with Crippen molar-refractivity contribution in [3.8, 4) is 11.3 Å². The minimum atomic E-state index is -0.246. The van der Waals surface area contributed by atoms with E-state index in [2.05, 4.69) is 15.6 Å². The van der Waals surface area contributed by atoms with Gasteiger partial charge < -0.3 is 10.6 Å². The second kappa shape index (κ2) is 9.45. The average Bonchev–Trinajstić information content (AvgIpc) is 3.12. The number of likely N-dealkylation sites (N-methyl/N-ethyl adjacent to an activating group) is 1. The molecule has 0 radical (unpaired) electrons. The number of aromatic nitrogens is 1. The summed E-state index contributed by atoms with van der Waals surface area (Å²) in [6.45, 7) is 0.127. The highest BCUT2D eigenvalue weighted by Gasteiger charge is 2.13. The van der Waals surface area contributed by atoms with Gasteiger partial charge >= 0.3 is 0 Å². The SMILES string of the molecule is CN(CC(=O)Nc1nc(-c2ccccc2)cs1)CC(=O)Nc1ccccc1Cl. The molecule has 1 aromatic heterocycles. The number of hydrogen-bond donors (Lipinski definition) is 2. The van der Waals surface area contributed by atoms with Crippen LogP contribution in [0.15, 0.2) is 60.0 Å². The number of nitrogens with zero attached hydrogens (tertiary/aromatic N) is 2. The summed E-state index contributed by atoms with van der Waals surface area (Å²) in [7, 11) is 1.70. The predicted octanol–water partition coefficient (Wildman–Crippen LogP) is 3.97. The van der Waals surface area contributed by atoms with Crippen LogP contribution in [0.4, 0.5) is 10.8 Å². The zero-order chi connectivity index (χ0) is 19.9. The van der Waals surface area contributed by atoms with E-state index in [0.29, 0.717) is 15.8 Å². The molecule has 0 saturated heterocycles. The van der Waals surface area contributed by atoms with Gasteiger partial charge in [-0.3, -0.25) is 14.5 Å². The maximum absolute atomic E-state index is 12.2. The summed E-state index contributed by atoms with van der Waals surface area (Å²) in [5, 5.41) is 8.39. The molecule has 0 atom stereocenters. The van der Waals surface area contributed by atoms with E-state index in [4.69, 9.17) is 11.6 Å². The van der Waals surface area contributed by atoms with Crippen LogP contribution in [0.3, 0.4) is 0 Å². The van der Waals surface area contributed by atoms with Gasteiger partial charge in [-0.1, -0.05) is 54.1 Å². The van der Waals surface area contributed by atoms with E-state index in [1.54, 1.807) is 36.2 Å². The Balaban J connectivity index is 1.49. The summed E-state index contributed by atoms with van der Waals surface area (Å²) in [6.07, 6.45) is 0. The summed E-state index contributed by atoms with van der Waals surface area (Å²) >= 11 is 7.39. The zero-order valence-electron chi connectivity index (χ0n) is 15.2. The minimum absolute atomic E-state index is 0.0613. The highest BCUT2D eigenvalue weighted by molar-refractivity contribution is 7.14. The molecule has 8 heteroatoms. The molecule has 0 saturated carbocycles. The van der Waals surface area contributed by atoms with Crippen LogP contribution in [0, 0.1) is 0 Å². The number of carbonyl (C=O) groups is 2. The van der Waals surface area contributed by atoms with E-state index >= 15 is 0 Å². The minimum Gasteiger partial charge on any atom is -0.324 e. The summed E-state index contributed by atoms with van der Waals surface area (Å²) in [4.78, 5) is 30.4. The number of thiazole rings is 1. The number of halogens is 1. The third-order valence-electron chi connectivity index (χ3n) is 3.80. The van der Waals surface area contributed by atoms with Crippen molar-refractivity contribution in [3.63, 3.8) is 0 Å². The Morgan fingerprint density at radius 1 is 1.00 bits per heavy atom. The molecule has 0 unspecified atom stereocenters. The van der Waals surface area contributed by atoms with Crippen LogP contribution in [0.2, 0.25) is 5.02 Å². The van der Waals surface area contributed by atoms with E-state index in [1.165, 1.54) is 11.3 Å². The molecule has 0 aliphatic heterocycles. The van der Waals surface area contributed by atoms with Crippen LogP contribution in [-0.2, 0) is 9.59 Å². The van der Waals surface area contributed by atoms with E-state index in [-0.39, 0.29) is 24.9 Å². The Bertz CT molecular complexity index is 962. The number of nitrogens with one attached hydrogen (secondary N) is 2. The Hall–Kier alpha value is -2.74. The molecule has 2 aromatic carbocycles. The largest absolute Gasteiger partial charge is 0.324 e. The fourth-order valence-electron chi connectivity index (χ4n) is 2.53. The Morgan fingerprint density at radius 2 is 1.64 bits per heavy atom. The van der Waals surface area contributed by atoms with Gasteiger partial charge in [0.2, 0.25) is 11.8 Å². The molecular weight excluding hydrogens is 396 g/mol. The average molecular weight is 415 g/mol. The zero-order valence-corrected chi connectivity index (χ0v) is 16.8. The van der Waals surface area contributed by atoms with Gasteiger partial charge in [0.15, 0.2) is 5.13 Å². The summed E-state index contributed by atoms with van der Waals surface area (Å²) in [6, 6.07) is 16.7. The summed E-state index contributed by atoms with van der Waals surface area (Å²) in [5.41, 5.74) is 2.35. The van der Waals surface area contributed by atoms with Crippen molar-refractivity contribution in [2.75, 3.05) is 30.8 Å². The molecular formula is C20H19ClN4O2S.